The Bertz CT molecular complexity index is 893. The van der Waals surface area contributed by atoms with Gasteiger partial charge in [-0.1, -0.05) is 19.1 Å². The van der Waals surface area contributed by atoms with E-state index < -0.39 is 0 Å². The minimum atomic E-state index is -0.303. The Hall–Kier alpha value is -2.77. The largest absolute Gasteiger partial charge is 0.450 e. The zero-order chi connectivity index (χ0) is 20.1. The first-order valence-corrected chi connectivity index (χ1v) is 9.94. The van der Waals surface area contributed by atoms with E-state index in [1.54, 1.807) is 16.4 Å². The Morgan fingerprint density at radius 1 is 1.11 bits per heavy atom. The van der Waals surface area contributed by atoms with Crippen LogP contribution in [0.5, 0.6) is 0 Å². The molecule has 1 aromatic carbocycles. The number of amides is 2. The van der Waals surface area contributed by atoms with Crippen molar-refractivity contribution in [2.24, 2.45) is 0 Å². The first kappa shape index (κ1) is 20.0. The van der Waals surface area contributed by atoms with E-state index in [1.165, 1.54) is 4.57 Å². The second-order valence-electron chi connectivity index (χ2n) is 7.04. The molecule has 8 nitrogen and oxygen atoms in total. The number of ether oxygens (including phenoxy) is 1. The van der Waals surface area contributed by atoms with E-state index in [-0.39, 0.29) is 30.3 Å². The van der Waals surface area contributed by atoms with Gasteiger partial charge in [0, 0.05) is 25.7 Å². The number of rotatable bonds is 6. The summed E-state index contributed by atoms with van der Waals surface area (Å²) in [6, 6.07) is 7.55. The van der Waals surface area contributed by atoms with Crippen molar-refractivity contribution >= 4 is 23.0 Å². The number of aryl methyl sites for hydroxylation is 1. The van der Waals surface area contributed by atoms with Gasteiger partial charge in [-0.15, -0.1) is 0 Å². The topological polar surface area (TPSA) is 85.6 Å². The highest BCUT2D eigenvalue weighted by atomic mass is 16.6. The summed E-state index contributed by atoms with van der Waals surface area (Å²) >= 11 is 0. The number of nitrogens with zero attached hydrogens (tertiary/aromatic N) is 3. The maximum atomic E-state index is 12.8. The van der Waals surface area contributed by atoms with Crippen molar-refractivity contribution in [1.29, 1.82) is 0 Å². The van der Waals surface area contributed by atoms with Crippen molar-refractivity contribution in [1.82, 2.24) is 19.4 Å². The number of fused-ring (bicyclic) bond motifs is 1. The molecule has 152 valence electrons. The quantitative estimate of drug-likeness (QED) is 0.820. The van der Waals surface area contributed by atoms with Crippen molar-refractivity contribution in [3.8, 4) is 0 Å². The van der Waals surface area contributed by atoms with Gasteiger partial charge in [-0.25, -0.2) is 9.59 Å². The zero-order valence-electron chi connectivity index (χ0n) is 16.5. The minimum Gasteiger partial charge on any atom is -0.450 e. The smallest absolute Gasteiger partial charge is 0.409 e. The summed E-state index contributed by atoms with van der Waals surface area (Å²) in [4.78, 5) is 38.8. The number of imidazole rings is 1. The number of likely N-dealkylation sites (tertiary alicyclic amines) is 1. The summed E-state index contributed by atoms with van der Waals surface area (Å²) in [5.41, 5.74) is 1.47. The van der Waals surface area contributed by atoms with E-state index in [2.05, 4.69) is 5.32 Å². The minimum absolute atomic E-state index is 0.00197. The van der Waals surface area contributed by atoms with Gasteiger partial charge in [0.25, 0.3) is 0 Å². The highest BCUT2D eigenvalue weighted by Crippen LogP contribution is 2.14. The third-order valence-corrected chi connectivity index (χ3v) is 5.06. The van der Waals surface area contributed by atoms with Crippen LogP contribution in [0.15, 0.2) is 29.1 Å². The van der Waals surface area contributed by atoms with E-state index in [9.17, 15) is 14.4 Å². The van der Waals surface area contributed by atoms with Crippen LogP contribution >= 0.6 is 0 Å². The molecule has 0 atom stereocenters. The molecule has 1 fully saturated rings. The molecule has 0 radical (unpaired) electrons. The van der Waals surface area contributed by atoms with Crippen molar-refractivity contribution in [3.63, 3.8) is 0 Å². The molecule has 0 spiro atoms. The van der Waals surface area contributed by atoms with E-state index in [0.29, 0.717) is 39.1 Å². The highest BCUT2D eigenvalue weighted by molar-refractivity contribution is 5.81. The lowest BCUT2D eigenvalue weighted by Crippen LogP contribution is -2.47. The molecule has 1 aliphatic heterocycles. The molecule has 2 amide bonds. The lowest BCUT2D eigenvalue weighted by molar-refractivity contribution is -0.122. The molecule has 0 saturated carbocycles. The summed E-state index contributed by atoms with van der Waals surface area (Å²) in [7, 11) is 0. The number of nitrogens with one attached hydrogen (secondary N) is 1. The van der Waals surface area contributed by atoms with Gasteiger partial charge < -0.3 is 15.0 Å². The van der Waals surface area contributed by atoms with Gasteiger partial charge >= 0.3 is 11.8 Å². The summed E-state index contributed by atoms with van der Waals surface area (Å²) in [6.45, 7) is 5.89. The number of hydrogen-bond donors (Lipinski definition) is 1. The van der Waals surface area contributed by atoms with Crippen molar-refractivity contribution < 1.29 is 14.3 Å². The number of carbonyl (C=O) groups is 2. The summed E-state index contributed by atoms with van der Waals surface area (Å²) in [5, 5.41) is 3.01. The van der Waals surface area contributed by atoms with Crippen molar-refractivity contribution in [2.45, 2.75) is 52.2 Å². The second-order valence-corrected chi connectivity index (χ2v) is 7.04. The average molecular weight is 388 g/mol. The Labute approximate surface area is 164 Å². The fourth-order valence-corrected chi connectivity index (χ4v) is 3.70. The lowest BCUT2D eigenvalue weighted by Gasteiger charge is -2.31. The van der Waals surface area contributed by atoms with Crippen LogP contribution in [0.4, 0.5) is 4.79 Å². The number of hydrogen-bond acceptors (Lipinski definition) is 4. The number of carbonyl (C=O) groups excluding carboxylic acids is 2. The van der Waals surface area contributed by atoms with Crippen LogP contribution in [-0.4, -0.2) is 51.8 Å². The SMILES string of the molecule is CCCn1c(=O)n(CC(=O)NC2CCN(C(=O)OCC)CC2)c2ccccc21. The second kappa shape index (κ2) is 8.95. The molecule has 2 aromatic rings. The van der Waals surface area contributed by atoms with Crippen LogP contribution in [0.1, 0.15) is 33.1 Å². The summed E-state index contributed by atoms with van der Waals surface area (Å²) < 4.78 is 8.27. The first-order valence-electron chi connectivity index (χ1n) is 9.94. The van der Waals surface area contributed by atoms with Crippen LogP contribution in [-0.2, 0) is 22.6 Å². The molecule has 2 heterocycles. The van der Waals surface area contributed by atoms with Gasteiger partial charge in [0.1, 0.15) is 6.54 Å². The lowest BCUT2D eigenvalue weighted by atomic mass is 10.1. The number of para-hydroxylation sites is 2. The molecule has 1 aromatic heterocycles. The van der Waals surface area contributed by atoms with E-state index in [0.717, 1.165) is 17.5 Å². The summed E-state index contributed by atoms with van der Waals surface area (Å²) in [5.74, 6) is -0.184. The molecule has 28 heavy (non-hydrogen) atoms. The van der Waals surface area contributed by atoms with Gasteiger partial charge in [0.15, 0.2) is 0 Å². The molecule has 1 N–H and O–H groups in total. The van der Waals surface area contributed by atoms with E-state index >= 15 is 0 Å². The van der Waals surface area contributed by atoms with Crippen LogP contribution in [0.2, 0.25) is 0 Å². The number of aromatic nitrogens is 2. The highest BCUT2D eigenvalue weighted by Gasteiger charge is 2.25. The first-order chi connectivity index (χ1) is 13.5. The third kappa shape index (κ3) is 4.21. The van der Waals surface area contributed by atoms with Gasteiger partial charge in [0.2, 0.25) is 5.91 Å². The molecule has 1 aliphatic rings. The van der Waals surface area contributed by atoms with Crippen LogP contribution in [0.25, 0.3) is 11.0 Å². The van der Waals surface area contributed by atoms with Gasteiger partial charge in [-0.3, -0.25) is 13.9 Å². The molecule has 8 heteroatoms. The Morgan fingerprint density at radius 3 is 2.36 bits per heavy atom. The van der Waals surface area contributed by atoms with Gasteiger partial charge in [0.05, 0.1) is 17.6 Å². The monoisotopic (exact) mass is 388 g/mol. The Morgan fingerprint density at radius 2 is 1.75 bits per heavy atom. The van der Waals surface area contributed by atoms with Gasteiger partial charge in [-0.05, 0) is 38.3 Å². The normalized spacial score (nSPS) is 15.0. The van der Waals surface area contributed by atoms with Crippen molar-refractivity contribution in [2.75, 3.05) is 19.7 Å². The summed E-state index contributed by atoms with van der Waals surface area (Å²) in [6.07, 6.45) is 1.90. The Balaban J connectivity index is 1.64. The fourth-order valence-electron chi connectivity index (χ4n) is 3.70. The Kier molecular flexibility index (Phi) is 6.38. The van der Waals surface area contributed by atoms with Gasteiger partial charge in [-0.2, -0.15) is 0 Å². The zero-order valence-corrected chi connectivity index (χ0v) is 16.5. The molecular formula is C20H28N4O4. The van der Waals surface area contributed by atoms with E-state index in [1.807, 2.05) is 31.2 Å². The number of benzene rings is 1. The predicted octanol–water partition coefficient (Wildman–Crippen LogP) is 1.95. The maximum absolute atomic E-state index is 12.8. The van der Waals surface area contributed by atoms with E-state index in [4.69, 9.17) is 4.74 Å². The van der Waals surface area contributed by atoms with Crippen molar-refractivity contribution in [3.05, 3.63) is 34.7 Å². The predicted molar refractivity (Wildman–Crippen MR) is 106 cm³/mol. The molecule has 0 bridgehead atoms. The van der Waals surface area contributed by atoms with Crippen LogP contribution in [0.3, 0.4) is 0 Å². The molecule has 1 saturated heterocycles. The fraction of sp³-hybridized carbons (Fsp3) is 0.550. The molecule has 3 rings (SSSR count). The number of piperidine rings is 1. The third-order valence-electron chi connectivity index (χ3n) is 5.06. The molecule has 0 unspecified atom stereocenters. The van der Waals surface area contributed by atoms with Crippen LogP contribution in [0, 0.1) is 0 Å². The average Bonchev–Trinajstić information content (AvgIpc) is 2.95. The van der Waals surface area contributed by atoms with Crippen LogP contribution < -0.4 is 11.0 Å². The standard InChI is InChI=1S/C20H28N4O4/c1-3-11-23-16-7-5-6-8-17(16)24(19(23)26)14-18(25)21-15-9-12-22(13-10-15)20(27)28-4-2/h5-8,15H,3-4,9-14H2,1-2H3,(H,21,25). The molecular weight excluding hydrogens is 360 g/mol. The maximum Gasteiger partial charge on any atom is 0.409 e. The molecule has 0 aliphatic carbocycles.